The molecule has 68 valence electrons. The highest BCUT2D eigenvalue weighted by molar-refractivity contribution is 5.70. The molecule has 1 heteroatoms. The van der Waals surface area contributed by atoms with Crippen molar-refractivity contribution in [3.63, 3.8) is 0 Å². The topological polar surface area (TPSA) is 26.0 Å². The third-order valence-electron chi connectivity index (χ3n) is 2.05. The van der Waals surface area contributed by atoms with Gasteiger partial charge in [-0.15, -0.1) is 0 Å². The Morgan fingerprint density at radius 3 is 2.77 bits per heavy atom. The van der Waals surface area contributed by atoms with Crippen molar-refractivity contribution in [3.8, 4) is 0 Å². The Kier molecular flexibility index (Phi) is 2.91. The van der Waals surface area contributed by atoms with Crippen molar-refractivity contribution in [2.24, 2.45) is 0 Å². The standard InChI is InChI=1S/C12H15N/c1-4-5-9(2)12-8-11(13)7-6-10(12)3/h4-8H,1,13H2,2-3H3/b9-5+. The van der Waals surface area contributed by atoms with E-state index < -0.39 is 0 Å². The van der Waals surface area contributed by atoms with Crippen LogP contribution in [0.4, 0.5) is 5.69 Å². The van der Waals surface area contributed by atoms with E-state index in [9.17, 15) is 0 Å². The summed E-state index contributed by atoms with van der Waals surface area (Å²) in [5, 5.41) is 0. The van der Waals surface area contributed by atoms with E-state index in [-0.39, 0.29) is 0 Å². The quantitative estimate of drug-likeness (QED) is 0.539. The molecule has 0 amide bonds. The number of hydrogen-bond donors (Lipinski definition) is 1. The minimum absolute atomic E-state index is 0.803. The monoisotopic (exact) mass is 173 g/mol. The number of aryl methyl sites for hydroxylation is 1. The fourth-order valence-corrected chi connectivity index (χ4v) is 1.33. The van der Waals surface area contributed by atoms with E-state index in [4.69, 9.17) is 5.73 Å². The maximum absolute atomic E-state index is 5.71. The average molecular weight is 173 g/mol. The Labute approximate surface area is 79.6 Å². The molecule has 0 aliphatic carbocycles. The molecule has 1 rings (SSSR count). The van der Waals surface area contributed by atoms with Gasteiger partial charge in [0.25, 0.3) is 0 Å². The number of rotatable bonds is 2. The molecule has 0 aliphatic rings. The molecule has 0 saturated heterocycles. The van der Waals surface area contributed by atoms with Gasteiger partial charge in [-0.1, -0.05) is 24.8 Å². The predicted octanol–water partition coefficient (Wildman–Crippen LogP) is 3.17. The van der Waals surface area contributed by atoms with Crippen molar-refractivity contribution >= 4 is 11.3 Å². The fourth-order valence-electron chi connectivity index (χ4n) is 1.33. The van der Waals surface area contributed by atoms with Crippen LogP contribution in [0.1, 0.15) is 18.1 Å². The highest BCUT2D eigenvalue weighted by Crippen LogP contribution is 2.20. The third-order valence-corrected chi connectivity index (χ3v) is 2.05. The van der Waals surface area contributed by atoms with Gasteiger partial charge in [-0.2, -0.15) is 0 Å². The molecule has 1 aromatic carbocycles. The molecule has 0 fully saturated rings. The molecule has 2 N–H and O–H groups in total. The van der Waals surface area contributed by atoms with Gasteiger partial charge in [0.2, 0.25) is 0 Å². The summed E-state index contributed by atoms with van der Waals surface area (Å²) in [4.78, 5) is 0. The molecule has 1 nitrogen and oxygen atoms in total. The summed E-state index contributed by atoms with van der Waals surface area (Å²) >= 11 is 0. The van der Waals surface area contributed by atoms with Gasteiger partial charge in [0.15, 0.2) is 0 Å². The molecule has 0 atom stereocenters. The summed E-state index contributed by atoms with van der Waals surface area (Å²) in [7, 11) is 0. The summed E-state index contributed by atoms with van der Waals surface area (Å²) in [6.07, 6.45) is 3.78. The molecular weight excluding hydrogens is 158 g/mol. The number of hydrogen-bond acceptors (Lipinski definition) is 1. The molecule has 0 aliphatic heterocycles. The van der Waals surface area contributed by atoms with E-state index in [1.165, 1.54) is 16.7 Å². The molecule has 0 aromatic heterocycles. The summed E-state index contributed by atoms with van der Waals surface area (Å²) in [5.41, 5.74) is 10.1. The van der Waals surface area contributed by atoms with Gasteiger partial charge in [0, 0.05) is 5.69 Å². The van der Waals surface area contributed by atoms with Crippen molar-refractivity contribution in [2.75, 3.05) is 5.73 Å². The summed E-state index contributed by atoms with van der Waals surface area (Å²) < 4.78 is 0. The van der Waals surface area contributed by atoms with E-state index in [0.717, 1.165) is 5.69 Å². The molecular formula is C12H15N. The van der Waals surface area contributed by atoms with Crippen LogP contribution in [0.2, 0.25) is 0 Å². The largest absolute Gasteiger partial charge is 0.399 e. The van der Waals surface area contributed by atoms with Gasteiger partial charge >= 0.3 is 0 Å². The molecule has 13 heavy (non-hydrogen) atoms. The summed E-state index contributed by atoms with van der Waals surface area (Å²) in [6, 6.07) is 5.94. The number of nitrogen functional groups attached to an aromatic ring is 1. The SMILES string of the molecule is C=C/C=C(\C)c1cc(N)ccc1C. The van der Waals surface area contributed by atoms with Crippen molar-refractivity contribution in [3.05, 3.63) is 48.1 Å². The van der Waals surface area contributed by atoms with Crippen LogP contribution in [0.5, 0.6) is 0 Å². The zero-order chi connectivity index (χ0) is 9.84. The first kappa shape index (κ1) is 9.59. The fraction of sp³-hybridized carbons (Fsp3) is 0.167. The zero-order valence-electron chi connectivity index (χ0n) is 8.17. The molecule has 0 bridgehead atoms. The van der Waals surface area contributed by atoms with Crippen LogP contribution in [0.25, 0.3) is 5.57 Å². The number of benzene rings is 1. The predicted molar refractivity (Wildman–Crippen MR) is 59.4 cm³/mol. The maximum atomic E-state index is 5.71. The normalized spacial score (nSPS) is 11.4. The summed E-state index contributed by atoms with van der Waals surface area (Å²) in [6.45, 7) is 7.81. The van der Waals surface area contributed by atoms with E-state index in [1.807, 2.05) is 24.3 Å². The van der Waals surface area contributed by atoms with Crippen LogP contribution >= 0.6 is 0 Å². The lowest BCUT2D eigenvalue weighted by Crippen LogP contribution is -1.90. The van der Waals surface area contributed by atoms with Gasteiger partial charge in [-0.25, -0.2) is 0 Å². The Bertz CT molecular complexity index is 348. The molecule has 0 spiro atoms. The molecule has 0 radical (unpaired) electrons. The number of allylic oxidation sites excluding steroid dienone is 3. The Balaban J connectivity index is 3.20. The minimum atomic E-state index is 0.803. The Morgan fingerprint density at radius 2 is 2.15 bits per heavy atom. The van der Waals surface area contributed by atoms with Crippen LogP contribution < -0.4 is 5.73 Å². The Hall–Kier alpha value is -1.50. The first-order valence-electron chi connectivity index (χ1n) is 4.31. The van der Waals surface area contributed by atoms with Crippen LogP contribution in [-0.4, -0.2) is 0 Å². The van der Waals surface area contributed by atoms with Gasteiger partial charge in [-0.3, -0.25) is 0 Å². The average Bonchev–Trinajstić information content (AvgIpc) is 2.09. The molecule has 0 unspecified atom stereocenters. The second-order valence-corrected chi connectivity index (χ2v) is 3.16. The second-order valence-electron chi connectivity index (χ2n) is 3.16. The van der Waals surface area contributed by atoms with E-state index >= 15 is 0 Å². The highest BCUT2D eigenvalue weighted by atomic mass is 14.5. The van der Waals surface area contributed by atoms with Crippen LogP contribution in [0, 0.1) is 6.92 Å². The lowest BCUT2D eigenvalue weighted by Gasteiger charge is -2.06. The number of anilines is 1. The first-order chi connectivity index (χ1) is 6.15. The van der Waals surface area contributed by atoms with E-state index in [2.05, 4.69) is 20.4 Å². The lowest BCUT2D eigenvalue weighted by atomic mass is 10.0. The van der Waals surface area contributed by atoms with Gasteiger partial charge in [0.05, 0.1) is 0 Å². The number of nitrogens with two attached hydrogens (primary N) is 1. The third kappa shape index (κ3) is 2.22. The second kappa shape index (κ2) is 3.94. The van der Waals surface area contributed by atoms with Gasteiger partial charge in [-0.05, 0) is 42.7 Å². The van der Waals surface area contributed by atoms with Crippen molar-refractivity contribution in [2.45, 2.75) is 13.8 Å². The lowest BCUT2D eigenvalue weighted by molar-refractivity contribution is 1.41. The highest BCUT2D eigenvalue weighted by Gasteiger charge is 1.99. The van der Waals surface area contributed by atoms with Crippen molar-refractivity contribution < 1.29 is 0 Å². The smallest absolute Gasteiger partial charge is 0.0320 e. The van der Waals surface area contributed by atoms with Crippen molar-refractivity contribution in [1.82, 2.24) is 0 Å². The first-order valence-corrected chi connectivity index (χ1v) is 4.31. The van der Waals surface area contributed by atoms with E-state index in [0.29, 0.717) is 0 Å². The van der Waals surface area contributed by atoms with Gasteiger partial charge < -0.3 is 5.73 Å². The summed E-state index contributed by atoms with van der Waals surface area (Å²) in [5.74, 6) is 0. The van der Waals surface area contributed by atoms with Crippen LogP contribution in [0.3, 0.4) is 0 Å². The molecule has 0 heterocycles. The molecule has 1 aromatic rings. The van der Waals surface area contributed by atoms with Crippen LogP contribution in [-0.2, 0) is 0 Å². The maximum Gasteiger partial charge on any atom is 0.0320 e. The van der Waals surface area contributed by atoms with Crippen LogP contribution in [0.15, 0.2) is 36.9 Å². The van der Waals surface area contributed by atoms with Crippen molar-refractivity contribution in [1.29, 1.82) is 0 Å². The zero-order valence-corrected chi connectivity index (χ0v) is 8.17. The minimum Gasteiger partial charge on any atom is -0.399 e. The van der Waals surface area contributed by atoms with Gasteiger partial charge in [0.1, 0.15) is 0 Å². The Morgan fingerprint density at radius 1 is 1.46 bits per heavy atom. The van der Waals surface area contributed by atoms with E-state index in [1.54, 1.807) is 6.08 Å². The molecule has 0 saturated carbocycles.